The second-order valence-corrected chi connectivity index (χ2v) is 5.08. The maximum absolute atomic E-state index is 13.8. The maximum Gasteiger partial charge on any atom is 0.305 e. The average Bonchev–Trinajstić information content (AvgIpc) is 2.60. The van der Waals surface area contributed by atoms with Gasteiger partial charge in [-0.1, -0.05) is 12.1 Å². The number of benzene rings is 1. The van der Waals surface area contributed by atoms with E-state index in [4.69, 9.17) is 0 Å². The fourth-order valence-corrected chi connectivity index (χ4v) is 2.60. The van der Waals surface area contributed by atoms with Gasteiger partial charge in [-0.3, -0.25) is 14.8 Å². The van der Waals surface area contributed by atoms with Crippen LogP contribution in [0.4, 0.5) is 10.1 Å². The van der Waals surface area contributed by atoms with Crippen LogP contribution < -0.4 is 0 Å². The molecule has 0 saturated carbocycles. The first-order chi connectivity index (χ1) is 8.49. The summed E-state index contributed by atoms with van der Waals surface area (Å²) < 4.78 is 16.6. The topological polar surface area (TPSA) is 61.0 Å². The third-order valence-corrected chi connectivity index (χ3v) is 3.30. The van der Waals surface area contributed by atoms with Crippen LogP contribution in [0.1, 0.15) is 5.56 Å². The Hall–Kier alpha value is -1.28. The Bertz CT molecular complexity index is 615. The third kappa shape index (κ3) is 2.59. The van der Waals surface area contributed by atoms with Crippen molar-refractivity contribution in [2.24, 2.45) is 0 Å². The Kier molecular flexibility index (Phi) is 3.76. The van der Waals surface area contributed by atoms with Gasteiger partial charge in [0.05, 0.1) is 11.5 Å². The lowest BCUT2D eigenvalue weighted by Gasteiger charge is -2.05. The van der Waals surface area contributed by atoms with Crippen LogP contribution in [0.5, 0.6) is 0 Å². The SMILES string of the molecule is O=[N+]([O-])c1cccc(Cn2nc(Br)cc2Br)c1F. The van der Waals surface area contributed by atoms with Crippen LogP contribution in [0, 0.1) is 15.9 Å². The van der Waals surface area contributed by atoms with Crippen molar-refractivity contribution in [2.75, 3.05) is 0 Å². The molecule has 0 saturated heterocycles. The molecule has 8 heteroatoms. The molecule has 0 unspecified atom stereocenters. The molecule has 0 N–H and O–H groups in total. The summed E-state index contributed by atoms with van der Waals surface area (Å²) in [5.41, 5.74) is -0.324. The summed E-state index contributed by atoms with van der Waals surface area (Å²) in [6.07, 6.45) is 0. The van der Waals surface area contributed by atoms with Crippen molar-refractivity contribution in [2.45, 2.75) is 6.54 Å². The van der Waals surface area contributed by atoms with E-state index in [1.54, 1.807) is 6.07 Å². The first-order valence-corrected chi connectivity index (χ1v) is 6.38. The Balaban J connectivity index is 2.38. The minimum absolute atomic E-state index is 0.111. The molecule has 0 aliphatic carbocycles. The Morgan fingerprint density at radius 1 is 1.44 bits per heavy atom. The Morgan fingerprint density at radius 3 is 2.72 bits per heavy atom. The van der Waals surface area contributed by atoms with E-state index in [2.05, 4.69) is 37.0 Å². The van der Waals surface area contributed by atoms with Crippen molar-refractivity contribution < 1.29 is 9.31 Å². The van der Waals surface area contributed by atoms with E-state index in [9.17, 15) is 14.5 Å². The van der Waals surface area contributed by atoms with Gasteiger partial charge in [-0.25, -0.2) is 0 Å². The van der Waals surface area contributed by atoms with Crippen molar-refractivity contribution in [3.63, 3.8) is 0 Å². The van der Waals surface area contributed by atoms with Crippen LogP contribution in [0.15, 0.2) is 33.5 Å². The number of nitrogens with zero attached hydrogens (tertiary/aromatic N) is 3. The molecular weight excluding hydrogens is 373 g/mol. The third-order valence-electron chi connectivity index (χ3n) is 2.28. The van der Waals surface area contributed by atoms with Gasteiger partial charge < -0.3 is 0 Å². The van der Waals surface area contributed by atoms with Gasteiger partial charge in [-0.2, -0.15) is 9.49 Å². The number of aromatic nitrogens is 2. The summed E-state index contributed by atoms with van der Waals surface area (Å²) in [6.45, 7) is 0.111. The highest BCUT2D eigenvalue weighted by Gasteiger charge is 2.18. The standard InChI is InChI=1S/C10H6Br2FN3O2/c11-8-4-9(12)15(14-8)5-6-2-1-3-7(10(6)13)16(17)18/h1-4H,5H2. The second kappa shape index (κ2) is 5.15. The molecule has 0 radical (unpaired) electrons. The molecule has 94 valence electrons. The summed E-state index contributed by atoms with van der Waals surface area (Å²) in [5, 5.41) is 14.7. The predicted molar refractivity (Wildman–Crippen MR) is 69.8 cm³/mol. The molecule has 0 atom stereocenters. The van der Waals surface area contributed by atoms with E-state index in [0.29, 0.717) is 9.21 Å². The van der Waals surface area contributed by atoms with Crippen LogP contribution in [-0.2, 0) is 6.54 Å². The van der Waals surface area contributed by atoms with Gasteiger partial charge in [-0.15, -0.1) is 0 Å². The lowest BCUT2D eigenvalue weighted by molar-refractivity contribution is -0.387. The fraction of sp³-hybridized carbons (Fsp3) is 0.100. The van der Waals surface area contributed by atoms with Gasteiger partial charge in [0.15, 0.2) is 0 Å². The zero-order valence-corrected chi connectivity index (χ0v) is 12.0. The summed E-state index contributed by atoms with van der Waals surface area (Å²) in [6, 6.07) is 5.77. The van der Waals surface area contributed by atoms with Gasteiger partial charge in [-0.05, 0) is 31.9 Å². The number of halogens is 3. The van der Waals surface area contributed by atoms with Crippen molar-refractivity contribution in [1.29, 1.82) is 0 Å². The molecule has 2 rings (SSSR count). The first-order valence-electron chi connectivity index (χ1n) is 4.79. The number of hydrogen-bond acceptors (Lipinski definition) is 3. The smallest absolute Gasteiger partial charge is 0.258 e. The van der Waals surface area contributed by atoms with E-state index in [0.717, 1.165) is 6.07 Å². The molecule has 18 heavy (non-hydrogen) atoms. The summed E-state index contributed by atoms with van der Waals surface area (Å²) in [7, 11) is 0. The van der Waals surface area contributed by atoms with Gasteiger partial charge >= 0.3 is 5.69 Å². The lowest BCUT2D eigenvalue weighted by Crippen LogP contribution is -2.05. The molecule has 0 aliphatic heterocycles. The van der Waals surface area contributed by atoms with Crippen LogP contribution in [-0.4, -0.2) is 14.7 Å². The normalized spacial score (nSPS) is 10.6. The lowest BCUT2D eigenvalue weighted by atomic mass is 10.2. The van der Waals surface area contributed by atoms with Gasteiger partial charge in [0.2, 0.25) is 5.82 Å². The minimum atomic E-state index is -0.832. The number of hydrogen-bond donors (Lipinski definition) is 0. The molecule has 0 aliphatic rings. The van der Waals surface area contributed by atoms with E-state index in [1.807, 2.05) is 0 Å². The zero-order valence-electron chi connectivity index (χ0n) is 8.81. The van der Waals surface area contributed by atoms with Crippen LogP contribution in [0.2, 0.25) is 0 Å². The molecule has 0 amide bonds. The first kappa shape index (κ1) is 13.2. The molecule has 5 nitrogen and oxygen atoms in total. The number of rotatable bonds is 3. The second-order valence-electron chi connectivity index (χ2n) is 3.45. The van der Waals surface area contributed by atoms with Crippen molar-refractivity contribution in [1.82, 2.24) is 9.78 Å². The fourth-order valence-electron chi connectivity index (χ4n) is 1.47. The Labute approximate surface area is 118 Å². The maximum atomic E-state index is 13.8. The van der Waals surface area contributed by atoms with E-state index in [1.165, 1.54) is 16.8 Å². The monoisotopic (exact) mass is 377 g/mol. The van der Waals surface area contributed by atoms with Crippen LogP contribution in [0.3, 0.4) is 0 Å². The molecule has 1 aromatic heterocycles. The van der Waals surface area contributed by atoms with Gasteiger partial charge in [0, 0.05) is 17.7 Å². The molecule has 2 aromatic rings. The number of nitro benzene ring substituents is 1. The Morgan fingerprint density at radius 2 is 2.17 bits per heavy atom. The van der Waals surface area contributed by atoms with Gasteiger partial charge in [0.1, 0.15) is 9.21 Å². The van der Waals surface area contributed by atoms with Gasteiger partial charge in [0.25, 0.3) is 0 Å². The molecule has 0 bridgehead atoms. The van der Waals surface area contributed by atoms with Crippen molar-refractivity contribution in [3.8, 4) is 0 Å². The molecule has 1 aromatic carbocycles. The number of nitro groups is 1. The highest BCUT2D eigenvalue weighted by molar-refractivity contribution is 9.11. The van der Waals surface area contributed by atoms with Crippen molar-refractivity contribution in [3.05, 3.63) is 55.0 Å². The summed E-state index contributed by atoms with van der Waals surface area (Å²) in [5.74, 6) is -0.832. The minimum Gasteiger partial charge on any atom is -0.258 e. The zero-order chi connectivity index (χ0) is 13.3. The highest BCUT2D eigenvalue weighted by Crippen LogP contribution is 2.23. The van der Waals surface area contributed by atoms with E-state index < -0.39 is 16.4 Å². The average molecular weight is 379 g/mol. The molecule has 1 heterocycles. The molecule has 0 fully saturated rings. The van der Waals surface area contributed by atoms with Crippen LogP contribution >= 0.6 is 31.9 Å². The summed E-state index contributed by atoms with van der Waals surface area (Å²) >= 11 is 6.45. The summed E-state index contributed by atoms with van der Waals surface area (Å²) in [4.78, 5) is 9.88. The van der Waals surface area contributed by atoms with Crippen LogP contribution in [0.25, 0.3) is 0 Å². The molecule has 0 spiro atoms. The quantitative estimate of drug-likeness (QED) is 0.606. The molecular formula is C10H6Br2FN3O2. The van der Waals surface area contributed by atoms with E-state index in [-0.39, 0.29) is 12.1 Å². The highest BCUT2D eigenvalue weighted by atomic mass is 79.9. The largest absolute Gasteiger partial charge is 0.305 e. The van der Waals surface area contributed by atoms with Crippen molar-refractivity contribution >= 4 is 37.5 Å². The predicted octanol–water partition coefficient (Wildman–Crippen LogP) is 3.50. The van der Waals surface area contributed by atoms with E-state index >= 15 is 0 Å².